The summed E-state index contributed by atoms with van der Waals surface area (Å²) in [5, 5.41) is 17.7. The number of hydrogen-bond donors (Lipinski definition) is 2. The Labute approximate surface area is 93.5 Å². The topological polar surface area (TPSA) is 74.6 Å². The molecule has 2 N–H and O–H groups in total. The Morgan fingerprint density at radius 1 is 1.19 bits per heavy atom. The maximum absolute atomic E-state index is 10.9. The van der Waals surface area contributed by atoms with E-state index in [-0.39, 0.29) is 6.42 Å². The van der Waals surface area contributed by atoms with Gasteiger partial charge in [0.1, 0.15) is 0 Å². The largest absolute Gasteiger partial charge is 0.481 e. The van der Waals surface area contributed by atoms with E-state index < -0.39 is 23.8 Å². The lowest BCUT2D eigenvalue weighted by molar-refractivity contribution is -0.143. The lowest BCUT2D eigenvalue weighted by atomic mass is 9.85. The van der Waals surface area contributed by atoms with Gasteiger partial charge in [0.15, 0.2) is 0 Å². The molecule has 0 unspecified atom stereocenters. The zero-order valence-corrected chi connectivity index (χ0v) is 8.96. The SMILES string of the molecule is C[C@@H](C(=O)O)[C@@H](CC(=O)O)c1ccccc1. The van der Waals surface area contributed by atoms with Crippen molar-refractivity contribution in [1.82, 2.24) is 0 Å². The van der Waals surface area contributed by atoms with E-state index in [1.165, 1.54) is 6.92 Å². The van der Waals surface area contributed by atoms with Crippen LogP contribution in [0.25, 0.3) is 0 Å². The van der Waals surface area contributed by atoms with Crippen LogP contribution in [-0.4, -0.2) is 22.2 Å². The molecule has 0 bridgehead atoms. The second-order valence-electron chi connectivity index (χ2n) is 3.74. The molecule has 0 amide bonds. The van der Waals surface area contributed by atoms with E-state index in [2.05, 4.69) is 0 Å². The summed E-state index contributed by atoms with van der Waals surface area (Å²) in [6.45, 7) is 1.53. The molecular formula is C12H14O4. The standard InChI is InChI=1S/C12H14O4/c1-8(12(15)16)10(7-11(13)14)9-5-3-2-4-6-9/h2-6,8,10H,7H2,1H3,(H,13,14)(H,15,16)/t8-,10-/m1/s1. The third-order valence-electron chi connectivity index (χ3n) is 2.62. The predicted octanol–water partition coefficient (Wildman–Crippen LogP) is 1.97. The van der Waals surface area contributed by atoms with Crippen LogP contribution in [0.1, 0.15) is 24.8 Å². The van der Waals surface area contributed by atoms with Gasteiger partial charge in [-0.25, -0.2) is 0 Å². The molecule has 86 valence electrons. The van der Waals surface area contributed by atoms with E-state index in [1.807, 2.05) is 6.07 Å². The predicted molar refractivity (Wildman–Crippen MR) is 58.2 cm³/mol. The molecule has 16 heavy (non-hydrogen) atoms. The quantitative estimate of drug-likeness (QED) is 0.798. The van der Waals surface area contributed by atoms with Crippen molar-refractivity contribution in [3.05, 3.63) is 35.9 Å². The van der Waals surface area contributed by atoms with Crippen molar-refractivity contribution in [3.63, 3.8) is 0 Å². The van der Waals surface area contributed by atoms with Gasteiger partial charge in [-0.3, -0.25) is 9.59 Å². The van der Waals surface area contributed by atoms with Gasteiger partial charge in [-0.15, -0.1) is 0 Å². The van der Waals surface area contributed by atoms with Crippen LogP contribution in [0, 0.1) is 5.92 Å². The molecule has 0 aromatic heterocycles. The van der Waals surface area contributed by atoms with Crippen LogP contribution in [0.5, 0.6) is 0 Å². The smallest absolute Gasteiger partial charge is 0.306 e. The maximum Gasteiger partial charge on any atom is 0.306 e. The third-order valence-corrected chi connectivity index (χ3v) is 2.62. The van der Waals surface area contributed by atoms with Crippen LogP contribution in [0.3, 0.4) is 0 Å². The number of aliphatic carboxylic acids is 2. The summed E-state index contributed by atoms with van der Waals surface area (Å²) in [7, 11) is 0. The van der Waals surface area contributed by atoms with Gasteiger partial charge in [0.2, 0.25) is 0 Å². The van der Waals surface area contributed by atoms with Gasteiger partial charge in [0.25, 0.3) is 0 Å². The minimum atomic E-state index is -0.984. The first-order valence-corrected chi connectivity index (χ1v) is 5.02. The highest BCUT2D eigenvalue weighted by molar-refractivity contribution is 5.74. The minimum absolute atomic E-state index is 0.169. The summed E-state index contributed by atoms with van der Waals surface area (Å²) in [6.07, 6.45) is -0.169. The number of carboxylic acids is 2. The fourth-order valence-electron chi connectivity index (χ4n) is 1.64. The van der Waals surface area contributed by atoms with Crippen molar-refractivity contribution in [2.75, 3.05) is 0 Å². The molecule has 0 saturated heterocycles. The van der Waals surface area contributed by atoms with E-state index in [1.54, 1.807) is 24.3 Å². The van der Waals surface area contributed by atoms with Gasteiger partial charge in [0.05, 0.1) is 12.3 Å². The van der Waals surface area contributed by atoms with E-state index in [0.29, 0.717) is 0 Å². The van der Waals surface area contributed by atoms with Gasteiger partial charge in [-0.05, 0) is 5.56 Å². The lowest BCUT2D eigenvalue weighted by Crippen LogP contribution is -2.21. The Morgan fingerprint density at radius 2 is 1.75 bits per heavy atom. The summed E-state index contributed by atoms with van der Waals surface area (Å²) >= 11 is 0. The van der Waals surface area contributed by atoms with Crippen LogP contribution in [0.4, 0.5) is 0 Å². The van der Waals surface area contributed by atoms with Gasteiger partial charge >= 0.3 is 11.9 Å². The summed E-state index contributed by atoms with van der Waals surface area (Å²) in [4.78, 5) is 21.6. The Balaban J connectivity index is 2.96. The normalized spacial score (nSPS) is 14.1. The summed E-state index contributed by atoms with van der Waals surface area (Å²) in [5.74, 6) is -3.16. The molecule has 0 spiro atoms. The summed E-state index contributed by atoms with van der Waals surface area (Å²) in [5.41, 5.74) is 0.750. The van der Waals surface area contributed by atoms with Crippen molar-refractivity contribution in [2.24, 2.45) is 5.92 Å². The number of benzene rings is 1. The van der Waals surface area contributed by atoms with Gasteiger partial charge in [0, 0.05) is 5.92 Å². The molecule has 0 saturated carbocycles. The highest BCUT2D eigenvalue weighted by Crippen LogP contribution is 2.28. The van der Waals surface area contributed by atoms with Crippen LogP contribution in [0.2, 0.25) is 0 Å². The van der Waals surface area contributed by atoms with E-state index in [9.17, 15) is 9.59 Å². The Bertz CT molecular complexity index is 372. The van der Waals surface area contributed by atoms with Gasteiger partial charge in [-0.2, -0.15) is 0 Å². The molecule has 4 nitrogen and oxygen atoms in total. The van der Waals surface area contributed by atoms with E-state index in [4.69, 9.17) is 10.2 Å². The average molecular weight is 222 g/mol. The first-order chi connectivity index (χ1) is 7.52. The van der Waals surface area contributed by atoms with Crippen LogP contribution in [-0.2, 0) is 9.59 Å². The fourth-order valence-corrected chi connectivity index (χ4v) is 1.64. The Kier molecular flexibility index (Phi) is 4.05. The van der Waals surface area contributed by atoms with Gasteiger partial charge < -0.3 is 10.2 Å². The molecule has 4 heteroatoms. The van der Waals surface area contributed by atoms with E-state index >= 15 is 0 Å². The second-order valence-corrected chi connectivity index (χ2v) is 3.74. The van der Waals surface area contributed by atoms with Crippen molar-refractivity contribution < 1.29 is 19.8 Å². The summed E-state index contributed by atoms with van der Waals surface area (Å²) < 4.78 is 0. The number of carbonyl (C=O) groups is 2. The molecule has 1 aromatic carbocycles. The minimum Gasteiger partial charge on any atom is -0.481 e. The van der Waals surface area contributed by atoms with Crippen molar-refractivity contribution in [3.8, 4) is 0 Å². The third kappa shape index (κ3) is 3.08. The molecule has 0 aliphatic heterocycles. The van der Waals surface area contributed by atoms with Crippen molar-refractivity contribution in [2.45, 2.75) is 19.3 Å². The number of rotatable bonds is 5. The zero-order valence-electron chi connectivity index (χ0n) is 8.96. The van der Waals surface area contributed by atoms with Crippen LogP contribution in [0.15, 0.2) is 30.3 Å². The molecule has 1 rings (SSSR count). The zero-order chi connectivity index (χ0) is 12.1. The molecular weight excluding hydrogens is 208 g/mol. The maximum atomic E-state index is 10.9. The molecule has 1 aromatic rings. The molecule has 0 aliphatic rings. The number of carboxylic acid groups (broad SMARTS) is 2. The Morgan fingerprint density at radius 3 is 2.19 bits per heavy atom. The first-order valence-electron chi connectivity index (χ1n) is 5.02. The number of hydrogen-bond acceptors (Lipinski definition) is 2. The fraction of sp³-hybridized carbons (Fsp3) is 0.333. The lowest BCUT2D eigenvalue weighted by Gasteiger charge is -2.19. The van der Waals surface area contributed by atoms with Gasteiger partial charge in [-0.1, -0.05) is 37.3 Å². The molecule has 2 atom stereocenters. The second kappa shape index (κ2) is 5.30. The molecule has 0 aliphatic carbocycles. The van der Waals surface area contributed by atoms with Crippen LogP contribution >= 0.6 is 0 Å². The molecule has 0 radical (unpaired) electrons. The average Bonchev–Trinajstić information content (AvgIpc) is 2.26. The summed E-state index contributed by atoms with van der Waals surface area (Å²) in [6, 6.07) is 8.88. The highest BCUT2D eigenvalue weighted by Gasteiger charge is 2.27. The van der Waals surface area contributed by atoms with E-state index in [0.717, 1.165) is 5.56 Å². The highest BCUT2D eigenvalue weighted by atomic mass is 16.4. The molecule has 0 fully saturated rings. The van der Waals surface area contributed by atoms with Crippen molar-refractivity contribution >= 4 is 11.9 Å². The Hall–Kier alpha value is -1.84. The first kappa shape index (κ1) is 12.2. The molecule has 0 heterocycles. The monoisotopic (exact) mass is 222 g/mol. The van der Waals surface area contributed by atoms with Crippen LogP contribution < -0.4 is 0 Å². The van der Waals surface area contributed by atoms with Crippen molar-refractivity contribution in [1.29, 1.82) is 0 Å².